The fraction of sp³-hybridized carbons (Fsp3) is 0.0714. The first-order valence-corrected chi connectivity index (χ1v) is 6.53. The van der Waals surface area contributed by atoms with E-state index in [9.17, 15) is 13.6 Å². The first-order valence-electron chi connectivity index (χ1n) is 5.36. The third-order valence-electron chi connectivity index (χ3n) is 2.68. The quantitative estimate of drug-likeness (QED) is 0.706. The van der Waals surface area contributed by atoms with Crippen LogP contribution in [0.25, 0.3) is 0 Å². The van der Waals surface area contributed by atoms with Crippen LogP contribution < -0.4 is 0 Å². The topological polar surface area (TPSA) is 17.1 Å². The fourth-order valence-corrected chi connectivity index (χ4v) is 2.27. The number of benzene rings is 2. The minimum atomic E-state index is -0.889. The summed E-state index contributed by atoms with van der Waals surface area (Å²) >= 11 is 8.97. The van der Waals surface area contributed by atoms with Crippen LogP contribution in [-0.4, -0.2) is 5.78 Å². The zero-order chi connectivity index (χ0) is 14.2. The Hall–Kier alpha value is -1.26. The maximum absolute atomic E-state index is 13.9. The summed E-state index contributed by atoms with van der Waals surface area (Å²) in [5.74, 6) is -2.48. The highest BCUT2D eigenvalue weighted by Gasteiger charge is 2.22. The van der Waals surface area contributed by atoms with Gasteiger partial charge in [-0.2, -0.15) is 0 Å². The van der Waals surface area contributed by atoms with Crippen molar-refractivity contribution in [1.29, 1.82) is 0 Å². The SMILES string of the molecule is Cc1ccc(F)c(C(=O)c2cc(Cl)ccc2Br)c1F. The average molecular weight is 346 g/mol. The highest BCUT2D eigenvalue weighted by Crippen LogP contribution is 2.26. The van der Waals surface area contributed by atoms with Crippen LogP contribution in [0.4, 0.5) is 8.78 Å². The van der Waals surface area contributed by atoms with E-state index in [0.29, 0.717) is 9.50 Å². The third-order valence-corrected chi connectivity index (χ3v) is 3.61. The van der Waals surface area contributed by atoms with E-state index in [1.54, 1.807) is 12.1 Å². The Kier molecular flexibility index (Phi) is 4.02. The van der Waals surface area contributed by atoms with Crippen LogP contribution in [-0.2, 0) is 0 Å². The second-order valence-corrected chi connectivity index (χ2v) is 5.30. The zero-order valence-corrected chi connectivity index (χ0v) is 12.1. The lowest BCUT2D eigenvalue weighted by Crippen LogP contribution is -2.09. The van der Waals surface area contributed by atoms with Gasteiger partial charge in [0.2, 0.25) is 0 Å². The minimum Gasteiger partial charge on any atom is -0.288 e. The van der Waals surface area contributed by atoms with Gasteiger partial charge in [-0.25, -0.2) is 8.78 Å². The molecule has 19 heavy (non-hydrogen) atoms. The Morgan fingerprint density at radius 1 is 1.21 bits per heavy atom. The number of rotatable bonds is 2. The summed E-state index contributed by atoms with van der Waals surface area (Å²) in [5, 5.41) is 0.319. The van der Waals surface area contributed by atoms with Gasteiger partial charge in [0.1, 0.15) is 11.6 Å². The molecular weight excluding hydrogens is 338 g/mol. The summed E-state index contributed by atoms with van der Waals surface area (Å²) in [6.45, 7) is 1.47. The van der Waals surface area contributed by atoms with Crippen molar-refractivity contribution >= 4 is 33.3 Å². The van der Waals surface area contributed by atoms with Gasteiger partial charge in [-0.15, -0.1) is 0 Å². The molecule has 0 aromatic heterocycles. The summed E-state index contributed by atoms with van der Waals surface area (Å²) < 4.78 is 28.0. The molecule has 0 radical (unpaired) electrons. The number of carbonyl (C=O) groups is 1. The third kappa shape index (κ3) is 2.69. The van der Waals surface area contributed by atoms with Gasteiger partial charge < -0.3 is 0 Å². The summed E-state index contributed by atoms with van der Waals surface area (Å²) in [6.07, 6.45) is 0. The summed E-state index contributed by atoms with van der Waals surface area (Å²) in [6, 6.07) is 6.86. The monoisotopic (exact) mass is 344 g/mol. The Balaban J connectivity index is 2.63. The van der Waals surface area contributed by atoms with Crippen LogP contribution in [0, 0.1) is 18.6 Å². The predicted molar refractivity (Wildman–Crippen MR) is 73.7 cm³/mol. The summed E-state index contributed by atoms with van der Waals surface area (Å²) in [7, 11) is 0. The van der Waals surface area contributed by atoms with Crippen molar-refractivity contribution in [2.45, 2.75) is 6.92 Å². The Morgan fingerprint density at radius 2 is 1.89 bits per heavy atom. The van der Waals surface area contributed by atoms with E-state index in [1.807, 2.05) is 0 Å². The molecule has 0 N–H and O–H groups in total. The van der Waals surface area contributed by atoms with E-state index in [0.717, 1.165) is 6.07 Å². The standard InChI is InChI=1S/C14H8BrClF2O/c1-7-2-5-11(17)12(13(7)18)14(19)9-6-8(16)3-4-10(9)15/h2-6H,1H3. The van der Waals surface area contributed by atoms with Crippen LogP contribution in [0.1, 0.15) is 21.5 Å². The zero-order valence-electron chi connectivity index (χ0n) is 9.81. The number of aryl methyl sites for hydroxylation is 1. The molecule has 0 spiro atoms. The van der Waals surface area contributed by atoms with Crippen molar-refractivity contribution < 1.29 is 13.6 Å². The van der Waals surface area contributed by atoms with Crippen LogP contribution in [0.5, 0.6) is 0 Å². The van der Waals surface area contributed by atoms with Crippen molar-refractivity contribution in [2.75, 3.05) is 0 Å². The van der Waals surface area contributed by atoms with E-state index in [-0.39, 0.29) is 11.1 Å². The molecule has 0 unspecified atom stereocenters. The molecule has 0 aliphatic rings. The summed E-state index contributed by atoms with van der Waals surface area (Å²) in [5.41, 5.74) is -0.234. The molecule has 2 aromatic rings. The van der Waals surface area contributed by atoms with Crippen LogP contribution in [0.2, 0.25) is 5.02 Å². The van der Waals surface area contributed by atoms with Crippen molar-refractivity contribution in [1.82, 2.24) is 0 Å². The maximum atomic E-state index is 13.9. The normalized spacial score (nSPS) is 10.6. The molecule has 0 saturated carbocycles. The molecule has 98 valence electrons. The lowest BCUT2D eigenvalue weighted by atomic mass is 10.0. The molecule has 0 saturated heterocycles. The molecule has 2 aromatic carbocycles. The number of halogens is 4. The number of hydrogen-bond donors (Lipinski definition) is 0. The number of ketones is 1. The molecule has 0 heterocycles. The van der Waals surface area contributed by atoms with E-state index in [1.165, 1.54) is 19.1 Å². The van der Waals surface area contributed by atoms with Gasteiger partial charge in [0.25, 0.3) is 0 Å². The molecule has 0 amide bonds. The van der Waals surface area contributed by atoms with Crippen molar-refractivity contribution in [3.05, 3.63) is 68.2 Å². The van der Waals surface area contributed by atoms with E-state index in [2.05, 4.69) is 15.9 Å². The lowest BCUT2D eigenvalue weighted by molar-refractivity contribution is 0.103. The largest absolute Gasteiger partial charge is 0.288 e. The summed E-state index contributed by atoms with van der Waals surface area (Å²) in [4.78, 5) is 12.2. The molecular formula is C14H8BrClF2O. The Labute approximate surface area is 122 Å². The van der Waals surface area contributed by atoms with Crippen LogP contribution in [0.15, 0.2) is 34.8 Å². The van der Waals surface area contributed by atoms with E-state index in [4.69, 9.17) is 11.6 Å². The molecule has 2 rings (SSSR count). The molecule has 0 aliphatic carbocycles. The van der Waals surface area contributed by atoms with Crippen molar-refractivity contribution in [3.8, 4) is 0 Å². The molecule has 1 nitrogen and oxygen atoms in total. The van der Waals surface area contributed by atoms with Crippen LogP contribution in [0.3, 0.4) is 0 Å². The van der Waals surface area contributed by atoms with Crippen molar-refractivity contribution in [3.63, 3.8) is 0 Å². The smallest absolute Gasteiger partial charge is 0.200 e. The first-order chi connectivity index (χ1) is 8.91. The molecule has 0 aliphatic heterocycles. The highest BCUT2D eigenvalue weighted by molar-refractivity contribution is 9.10. The molecule has 5 heteroatoms. The number of carbonyl (C=O) groups excluding carboxylic acids is 1. The molecule has 0 atom stereocenters. The van der Waals surface area contributed by atoms with Crippen LogP contribution >= 0.6 is 27.5 Å². The molecule has 0 bridgehead atoms. The Morgan fingerprint density at radius 3 is 2.58 bits per heavy atom. The van der Waals surface area contributed by atoms with Gasteiger partial charge in [-0.1, -0.05) is 33.6 Å². The first kappa shape index (κ1) is 14.2. The van der Waals surface area contributed by atoms with E-state index < -0.39 is 23.0 Å². The van der Waals surface area contributed by atoms with Gasteiger partial charge in [0.15, 0.2) is 5.78 Å². The minimum absolute atomic E-state index is 0.121. The maximum Gasteiger partial charge on any atom is 0.200 e. The van der Waals surface area contributed by atoms with Gasteiger partial charge in [-0.3, -0.25) is 4.79 Å². The fourth-order valence-electron chi connectivity index (χ4n) is 1.67. The van der Waals surface area contributed by atoms with Crippen molar-refractivity contribution in [2.24, 2.45) is 0 Å². The average Bonchev–Trinajstić information content (AvgIpc) is 2.37. The van der Waals surface area contributed by atoms with Gasteiger partial charge >= 0.3 is 0 Å². The van der Waals surface area contributed by atoms with E-state index >= 15 is 0 Å². The highest BCUT2D eigenvalue weighted by atomic mass is 79.9. The second kappa shape index (κ2) is 5.39. The Bertz CT molecular complexity index is 671. The van der Waals surface area contributed by atoms with Gasteiger partial charge in [0.05, 0.1) is 5.56 Å². The lowest BCUT2D eigenvalue weighted by Gasteiger charge is -2.08. The van der Waals surface area contributed by atoms with Gasteiger partial charge in [-0.05, 0) is 36.8 Å². The number of hydrogen-bond acceptors (Lipinski definition) is 1. The van der Waals surface area contributed by atoms with Gasteiger partial charge in [0, 0.05) is 15.1 Å². The predicted octanol–water partition coefficient (Wildman–Crippen LogP) is 4.92. The second-order valence-electron chi connectivity index (χ2n) is 4.01. The molecule has 0 fully saturated rings.